The van der Waals surface area contributed by atoms with E-state index in [9.17, 15) is 14.0 Å². The van der Waals surface area contributed by atoms with Crippen molar-refractivity contribution >= 4 is 22.9 Å². The Balaban J connectivity index is 1.24. The standard InChI is InChI=1S/C26H24FN5O2/c27-19-8-10-20(11-9-19)28-23-6-2-1-5-22(23)26(34)31-15-13-30(14-16-31)18-21-17-25(33)32-12-4-3-7-24(32)29-21/h1-12,17,28H,13-16,18H2. The summed E-state index contributed by atoms with van der Waals surface area (Å²) in [4.78, 5) is 34.3. The summed E-state index contributed by atoms with van der Waals surface area (Å²) in [5.74, 6) is -0.358. The first-order valence-electron chi connectivity index (χ1n) is 11.2. The highest BCUT2D eigenvalue weighted by Crippen LogP contribution is 2.23. The SMILES string of the molecule is O=C(c1ccccc1Nc1ccc(F)cc1)N1CCN(Cc2cc(=O)n3ccccc3n2)CC1. The van der Waals surface area contributed by atoms with Crippen LogP contribution in [0.3, 0.4) is 0 Å². The first-order valence-corrected chi connectivity index (χ1v) is 11.2. The van der Waals surface area contributed by atoms with Gasteiger partial charge in [-0.05, 0) is 48.5 Å². The number of nitrogens with one attached hydrogen (secondary N) is 1. The van der Waals surface area contributed by atoms with E-state index < -0.39 is 0 Å². The van der Waals surface area contributed by atoms with Crippen molar-refractivity contribution in [1.82, 2.24) is 19.2 Å². The molecule has 8 heteroatoms. The highest BCUT2D eigenvalue weighted by Gasteiger charge is 2.24. The van der Waals surface area contributed by atoms with Crippen molar-refractivity contribution in [1.29, 1.82) is 0 Å². The fourth-order valence-corrected chi connectivity index (χ4v) is 4.16. The number of hydrogen-bond acceptors (Lipinski definition) is 5. The van der Waals surface area contributed by atoms with E-state index in [4.69, 9.17) is 0 Å². The number of fused-ring (bicyclic) bond motifs is 1. The second-order valence-electron chi connectivity index (χ2n) is 8.26. The molecular formula is C26H24FN5O2. The number of benzene rings is 2. The number of piperazine rings is 1. The van der Waals surface area contributed by atoms with Crippen LogP contribution in [0, 0.1) is 5.82 Å². The molecule has 0 unspecified atom stereocenters. The quantitative estimate of drug-likeness (QED) is 0.497. The maximum atomic E-state index is 13.3. The van der Waals surface area contributed by atoms with Gasteiger partial charge in [0.15, 0.2) is 0 Å². The van der Waals surface area contributed by atoms with Gasteiger partial charge in [-0.1, -0.05) is 18.2 Å². The summed E-state index contributed by atoms with van der Waals surface area (Å²) in [7, 11) is 0. The number of nitrogens with zero attached hydrogens (tertiary/aromatic N) is 4. The highest BCUT2D eigenvalue weighted by atomic mass is 19.1. The number of hydrogen-bond donors (Lipinski definition) is 1. The molecule has 0 atom stereocenters. The zero-order valence-corrected chi connectivity index (χ0v) is 18.5. The van der Waals surface area contributed by atoms with Crippen LogP contribution in [0.25, 0.3) is 5.65 Å². The van der Waals surface area contributed by atoms with Crippen LogP contribution in [-0.4, -0.2) is 51.3 Å². The van der Waals surface area contributed by atoms with Gasteiger partial charge in [0.05, 0.1) is 16.9 Å². The van der Waals surface area contributed by atoms with Gasteiger partial charge in [0.1, 0.15) is 11.5 Å². The lowest BCUT2D eigenvalue weighted by atomic mass is 10.1. The Morgan fingerprint density at radius 2 is 1.68 bits per heavy atom. The smallest absolute Gasteiger partial charge is 0.258 e. The first-order chi connectivity index (χ1) is 16.6. The van der Waals surface area contributed by atoms with Crippen molar-refractivity contribution in [2.24, 2.45) is 0 Å². The summed E-state index contributed by atoms with van der Waals surface area (Å²) >= 11 is 0. The second kappa shape index (κ2) is 9.44. The van der Waals surface area contributed by atoms with Crippen LogP contribution < -0.4 is 10.9 Å². The zero-order valence-electron chi connectivity index (χ0n) is 18.5. The molecule has 1 saturated heterocycles. The van der Waals surface area contributed by atoms with Gasteiger partial charge in [0.25, 0.3) is 11.5 Å². The van der Waals surface area contributed by atoms with Crippen LogP contribution in [0.2, 0.25) is 0 Å². The Morgan fingerprint density at radius 3 is 2.47 bits per heavy atom. The van der Waals surface area contributed by atoms with Crippen LogP contribution in [-0.2, 0) is 6.54 Å². The summed E-state index contributed by atoms with van der Waals surface area (Å²) in [5, 5.41) is 3.22. The number of rotatable bonds is 5. The normalized spacial score (nSPS) is 14.3. The summed E-state index contributed by atoms with van der Waals surface area (Å²) in [6.45, 7) is 3.10. The molecule has 2 aromatic carbocycles. The van der Waals surface area contributed by atoms with Gasteiger partial charge in [-0.2, -0.15) is 0 Å². The van der Waals surface area contributed by atoms with E-state index in [1.807, 2.05) is 35.2 Å². The molecule has 172 valence electrons. The zero-order chi connectivity index (χ0) is 23.5. The first kappa shape index (κ1) is 21.8. The Kier molecular flexibility index (Phi) is 6.05. The third-order valence-corrected chi connectivity index (χ3v) is 5.95. The van der Waals surface area contributed by atoms with Crippen LogP contribution >= 0.6 is 0 Å². The number of aromatic nitrogens is 2. The minimum atomic E-state index is -0.308. The van der Waals surface area contributed by atoms with Gasteiger partial charge in [-0.3, -0.25) is 18.9 Å². The number of halogens is 1. The van der Waals surface area contributed by atoms with Crippen molar-refractivity contribution in [3.05, 3.63) is 106 Å². The molecule has 4 aromatic rings. The van der Waals surface area contributed by atoms with Crippen LogP contribution in [0.1, 0.15) is 16.1 Å². The molecule has 34 heavy (non-hydrogen) atoms. The summed E-state index contributed by atoms with van der Waals surface area (Å²) < 4.78 is 14.7. The molecule has 0 saturated carbocycles. The molecule has 0 aliphatic carbocycles. The Labute approximate surface area is 196 Å². The number of carbonyl (C=O) groups excluding carboxylic acids is 1. The Hall–Kier alpha value is -4.04. The highest BCUT2D eigenvalue weighted by molar-refractivity contribution is 6.00. The fourth-order valence-electron chi connectivity index (χ4n) is 4.16. The lowest BCUT2D eigenvalue weighted by Gasteiger charge is -2.34. The van der Waals surface area contributed by atoms with E-state index >= 15 is 0 Å². The van der Waals surface area contributed by atoms with E-state index in [1.165, 1.54) is 16.5 Å². The largest absolute Gasteiger partial charge is 0.355 e. The number of amides is 1. The van der Waals surface area contributed by atoms with Crippen LogP contribution in [0.15, 0.2) is 83.8 Å². The lowest BCUT2D eigenvalue weighted by molar-refractivity contribution is 0.0628. The van der Waals surface area contributed by atoms with Crippen LogP contribution in [0.4, 0.5) is 15.8 Å². The molecule has 0 bridgehead atoms. The minimum Gasteiger partial charge on any atom is -0.355 e. The summed E-state index contributed by atoms with van der Waals surface area (Å²) in [6.07, 6.45) is 1.71. The van der Waals surface area contributed by atoms with Gasteiger partial charge >= 0.3 is 0 Å². The fraction of sp³-hybridized carbons (Fsp3) is 0.192. The topological polar surface area (TPSA) is 70.0 Å². The maximum absolute atomic E-state index is 13.3. The van der Waals surface area contributed by atoms with Crippen LogP contribution in [0.5, 0.6) is 0 Å². The predicted octanol–water partition coefficient (Wildman–Crippen LogP) is 3.54. The average Bonchev–Trinajstić information content (AvgIpc) is 2.86. The molecule has 3 heterocycles. The monoisotopic (exact) mass is 457 g/mol. The lowest BCUT2D eigenvalue weighted by Crippen LogP contribution is -2.48. The number of carbonyl (C=O) groups is 1. The van der Waals surface area contributed by atoms with Gasteiger partial charge in [0, 0.05) is 50.7 Å². The molecule has 1 aliphatic rings. The molecule has 0 spiro atoms. The maximum Gasteiger partial charge on any atom is 0.258 e. The summed E-state index contributed by atoms with van der Waals surface area (Å²) in [5.41, 5.74) is 3.23. The van der Waals surface area contributed by atoms with Crippen molar-refractivity contribution < 1.29 is 9.18 Å². The van der Waals surface area contributed by atoms with Gasteiger partial charge in [-0.25, -0.2) is 9.37 Å². The van der Waals surface area contributed by atoms with Crippen molar-refractivity contribution in [3.63, 3.8) is 0 Å². The van der Waals surface area contributed by atoms with E-state index in [0.29, 0.717) is 55.3 Å². The molecule has 1 fully saturated rings. The third-order valence-electron chi connectivity index (χ3n) is 5.95. The molecule has 2 aromatic heterocycles. The van der Waals surface area contributed by atoms with E-state index in [-0.39, 0.29) is 17.3 Å². The van der Waals surface area contributed by atoms with Gasteiger partial charge < -0.3 is 10.2 Å². The Morgan fingerprint density at radius 1 is 0.941 bits per heavy atom. The number of para-hydroxylation sites is 1. The van der Waals surface area contributed by atoms with Gasteiger partial charge in [0.2, 0.25) is 0 Å². The molecule has 7 nitrogen and oxygen atoms in total. The molecular weight excluding hydrogens is 433 g/mol. The van der Waals surface area contributed by atoms with Crippen molar-refractivity contribution in [2.45, 2.75) is 6.54 Å². The molecule has 0 radical (unpaired) electrons. The van der Waals surface area contributed by atoms with Gasteiger partial charge in [-0.15, -0.1) is 0 Å². The minimum absolute atomic E-state index is 0.0491. The number of anilines is 2. The number of pyridine rings is 1. The predicted molar refractivity (Wildman–Crippen MR) is 129 cm³/mol. The average molecular weight is 458 g/mol. The molecule has 1 N–H and O–H groups in total. The Bertz CT molecular complexity index is 1380. The molecule has 1 aliphatic heterocycles. The van der Waals surface area contributed by atoms with E-state index in [1.54, 1.807) is 36.5 Å². The van der Waals surface area contributed by atoms with Crippen molar-refractivity contribution in [2.75, 3.05) is 31.5 Å². The van der Waals surface area contributed by atoms with Crippen molar-refractivity contribution in [3.8, 4) is 0 Å². The van der Waals surface area contributed by atoms with E-state index in [0.717, 1.165) is 5.69 Å². The second-order valence-corrected chi connectivity index (χ2v) is 8.26. The summed E-state index contributed by atoms with van der Waals surface area (Å²) in [6, 6.07) is 20.4. The third kappa shape index (κ3) is 4.67. The van der Waals surface area contributed by atoms with E-state index in [2.05, 4.69) is 15.2 Å². The molecule has 1 amide bonds. The molecule has 5 rings (SSSR count).